The Hall–Kier alpha value is -2.14. The highest BCUT2D eigenvalue weighted by Crippen LogP contribution is 2.47. The molecule has 0 saturated carbocycles. The molecule has 0 aliphatic carbocycles. The van der Waals surface area contributed by atoms with Crippen molar-refractivity contribution in [1.29, 1.82) is 0 Å². The molecule has 0 N–H and O–H groups in total. The molecule has 0 aliphatic heterocycles. The van der Waals surface area contributed by atoms with E-state index in [1.807, 2.05) is 48.5 Å². The Morgan fingerprint density at radius 3 is 2.36 bits per heavy atom. The summed E-state index contributed by atoms with van der Waals surface area (Å²) in [7, 11) is 0. The van der Waals surface area contributed by atoms with Crippen molar-refractivity contribution in [2.75, 3.05) is 0 Å². The third kappa shape index (κ3) is 3.60. The molecule has 0 radical (unpaired) electrons. The van der Waals surface area contributed by atoms with Gasteiger partial charge in [-0.2, -0.15) is 0 Å². The van der Waals surface area contributed by atoms with Crippen LogP contribution in [0.25, 0.3) is 21.3 Å². The Balaban J connectivity index is 2.00. The van der Waals surface area contributed by atoms with Gasteiger partial charge in [0.1, 0.15) is 16.9 Å². The third-order valence-corrected chi connectivity index (χ3v) is 6.56. The van der Waals surface area contributed by atoms with E-state index in [1.54, 1.807) is 17.7 Å². The Labute approximate surface area is 177 Å². The topological polar surface area (TPSA) is 35.0 Å². The number of ether oxygens (including phenoxy) is 1. The number of aromatic nitrogens is 2. The Kier molecular flexibility index (Phi) is 5.04. The van der Waals surface area contributed by atoms with Crippen molar-refractivity contribution in [1.82, 2.24) is 9.97 Å². The molecule has 4 rings (SSSR count). The van der Waals surface area contributed by atoms with Gasteiger partial charge in [-0.05, 0) is 35.2 Å². The zero-order chi connectivity index (χ0) is 19.9. The number of hydrogen-bond acceptors (Lipinski definition) is 4. The number of halogens is 2. The van der Waals surface area contributed by atoms with Gasteiger partial charge in [0.05, 0.1) is 15.4 Å². The van der Waals surface area contributed by atoms with E-state index in [1.165, 1.54) is 4.88 Å². The standard InChI is InChI=1S/C22H18Cl2N2OS/c1-22(2,3)19-17(13-9-10-15(23)16(24)11-13)18-20(25-12-26-21(18)28-19)27-14-7-5-4-6-8-14/h4-12H,1-3H3. The van der Waals surface area contributed by atoms with Gasteiger partial charge in [-0.15, -0.1) is 11.3 Å². The Bertz CT molecular complexity index is 1150. The number of nitrogens with zero attached hydrogens (tertiary/aromatic N) is 2. The summed E-state index contributed by atoms with van der Waals surface area (Å²) in [6.45, 7) is 6.55. The lowest BCUT2D eigenvalue weighted by Crippen LogP contribution is -2.10. The fraction of sp³-hybridized carbons (Fsp3) is 0.182. The first-order valence-electron chi connectivity index (χ1n) is 8.81. The molecule has 0 fully saturated rings. The highest BCUT2D eigenvalue weighted by molar-refractivity contribution is 7.19. The molecule has 2 aromatic carbocycles. The van der Waals surface area contributed by atoms with Crippen molar-refractivity contribution in [2.45, 2.75) is 26.2 Å². The molecule has 0 spiro atoms. The SMILES string of the molecule is CC(C)(C)c1sc2ncnc(Oc3ccccc3)c2c1-c1ccc(Cl)c(Cl)c1. The van der Waals surface area contributed by atoms with E-state index in [0.29, 0.717) is 15.9 Å². The van der Waals surface area contributed by atoms with Crippen LogP contribution in [0.5, 0.6) is 11.6 Å². The van der Waals surface area contributed by atoms with Crippen molar-refractivity contribution in [3.63, 3.8) is 0 Å². The van der Waals surface area contributed by atoms with Gasteiger partial charge in [0.2, 0.25) is 5.88 Å². The first kappa shape index (κ1) is 19.2. The zero-order valence-corrected chi connectivity index (χ0v) is 18.0. The lowest BCUT2D eigenvalue weighted by Gasteiger charge is -2.19. The van der Waals surface area contributed by atoms with Crippen molar-refractivity contribution < 1.29 is 4.74 Å². The van der Waals surface area contributed by atoms with Crippen LogP contribution in [0.2, 0.25) is 10.0 Å². The predicted octanol–water partition coefficient (Wildman–Crippen LogP) is 7.75. The molecule has 2 aromatic heterocycles. The van der Waals surface area contributed by atoms with Crippen LogP contribution < -0.4 is 4.74 Å². The predicted molar refractivity (Wildman–Crippen MR) is 118 cm³/mol. The average molecular weight is 429 g/mol. The van der Waals surface area contributed by atoms with E-state index >= 15 is 0 Å². The summed E-state index contributed by atoms with van der Waals surface area (Å²) in [6, 6.07) is 15.3. The van der Waals surface area contributed by atoms with Gasteiger partial charge >= 0.3 is 0 Å². The van der Waals surface area contributed by atoms with Crippen LogP contribution in [-0.2, 0) is 5.41 Å². The summed E-state index contributed by atoms with van der Waals surface area (Å²) in [5, 5.41) is 1.93. The lowest BCUT2D eigenvalue weighted by atomic mass is 9.88. The second kappa shape index (κ2) is 7.36. The van der Waals surface area contributed by atoms with Crippen molar-refractivity contribution in [3.8, 4) is 22.8 Å². The van der Waals surface area contributed by atoms with Gasteiger partial charge in [-0.1, -0.05) is 68.2 Å². The van der Waals surface area contributed by atoms with Crippen LogP contribution in [0.3, 0.4) is 0 Å². The molecule has 0 bridgehead atoms. The quantitative estimate of drug-likeness (QED) is 0.334. The first-order chi connectivity index (χ1) is 13.3. The molecule has 0 unspecified atom stereocenters. The molecule has 3 nitrogen and oxygen atoms in total. The molecule has 0 amide bonds. The molecule has 0 saturated heterocycles. The van der Waals surface area contributed by atoms with Gasteiger partial charge in [-0.3, -0.25) is 0 Å². The van der Waals surface area contributed by atoms with E-state index in [9.17, 15) is 0 Å². The molecule has 6 heteroatoms. The van der Waals surface area contributed by atoms with E-state index in [2.05, 4.69) is 30.7 Å². The summed E-state index contributed by atoms with van der Waals surface area (Å²) in [6.07, 6.45) is 1.54. The van der Waals surface area contributed by atoms with E-state index in [4.69, 9.17) is 27.9 Å². The minimum absolute atomic E-state index is 0.0865. The molecule has 2 heterocycles. The van der Waals surface area contributed by atoms with Crippen LogP contribution >= 0.6 is 34.5 Å². The Morgan fingerprint density at radius 2 is 1.68 bits per heavy atom. The van der Waals surface area contributed by atoms with Crippen LogP contribution in [0, 0.1) is 0 Å². The number of thiophene rings is 1. The number of hydrogen-bond donors (Lipinski definition) is 0. The van der Waals surface area contributed by atoms with Gasteiger partial charge in [-0.25, -0.2) is 9.97 Å². The van der Waals surface area contributed by atoms with Crippen LogP contribution in [0.1, 0.15) is 25.6 Å². The first-order valence-corrected chi connectivity index (χ1v) is 10.4. The smallest absolute Gasteiger partial charge is 0.231 e. The minimum Gasteiger partial charge on any atom is -0.438 e. The zero-order valence-electron chi connectivity index (χ0n) is 15.7. The highest BCUT2D eigenvalue weighted by atomic mass is 35.5. The fourth-order valence-corrected chi connectivity index (χ4v) is 4.55. The Morgan fingerprint density at radius 1 is 0.929 bits per heavy atom. The van der Waals surface area contributed by atoms with E-state index in [-0.39, 0.29) is 5.41 Å². The normalized spacial score (nSPS) is 11.8. The van der Waals surface area contributed by atoms with E-state index < -0.39 is 0 Å². The largest absolute Gasteiger partial charge is 0.438 e. The van der Waals surface area contributed by atoms with Crippen LogP contribution in [0.15, 0.2) is 54.9 Å². The molecule has 142 valence electrons. The van der Waals surface area contributed by atoms with Gasteiger partial charge in [0, 0.05) is 10.4 Å². The molecule has 0 atom stereocenters. The maximum atomic E-state index is 6.33. The molecule has 4 aromatic rings. The third-order valence-electron chi connectivity index (χ3n) is 4.30. The van der Waals surface area contributed by atoms with Crippen molar-refractivity contribution in [2.24, 2.45) is 0 Å². The van der Waals surface area contributed by atoms with Crippen molar-refractivity contribution in [3.05, 3.63) is 69.8 Å². The van der Waals surface area contributed by atoms with Crippen LogP contribution in [0.4, 0.5) is 0 Å². The molecular formula is C22H18Cl2N2OS. The van der Waals surface area contributed by atoms with Crippen molar-refractivity contribution >= 4 is 44.8 Å². The molecule has 0 aliphatic rings. The summed E-state index contributed by atoms with van der Waals surface area (Å²) < 4.78 is 6.13. The average Bonchev–Trinajstić information content (AvgIpc) is 3.06. The summed E-state index contributed by atoms with van der Waals surface area (Å²) in [5.41, 5.74) is 1.92. The summed E-state index contributed by atoms with van der Waals surface area (Å²) >= 11 is 14.1. The van der Waals surface area contributed by atoms with Gasteiger partial charge in [0.25, 0.3) is 0 Å². The fourth-order valence-electron chi connectivity index (χ4n) is 3.04. The number of fused-ring (bicyclic) bond motifs is 1. The maximum absolute atomic E-state index is 6.33. The van der Waals surface area contributed by atoms with E-state index in [0.717, 1.165) is 27.1 Å². The van der Waals surface area contributed by atoms with Crippen LogP contribution in [-0.4, -0.2) is 9.97 Å². The minimum atomic E-state index is -0.0865. The number of rotatable bonds is 3. The number of para-hydroxylation sites is 1. The molecule has 28 heavy (non-hydrogen) atoms. The highest BCUT2D eigenvalue weighted by Gasteiger charge is 2.27. The van der Waals surface area contributed by atoms with Gasteiger partial charge < -0.3 is 4.74 Å². The molecular weight excluding hydrogens is 411 g/mol. The number of benzene rings is 2. The summed E-state index contributed by atoms with van der Waals surface area (Å²) in [5.74, 6) is 1.26. The second-order valence-electron chi connectivity index (χ2n) is 7.46. The monoisotopic (exact) mass is 428 g/mol. The second-order valence-corrected chi connectivity index (χ2v) is 9.27. The maximum Gasteiger partial charge on any atom is 0.231 e. The van der Waals surface area contributed by atoms with Gasteiger partial charge in [0.15, 0.2) is 0 Å². The lowest BCUT2D eigenvalue weighted by molar-refractivity contribution is 0.468. The summed E-state index contributed by atoms with van der Waals surface area (Å²) in [4.78, 5) is 11.0.